The lowest BCUT2D eigenvalue weighted by Crippen LogP contribution is -2.28. The Morgan fingerprint density at radius 1 is 1.20 bits per heavy atom. The van der Waals surface area contributed by atoms with Gasteiger partial charge in [-0.05, 0) is 24.5 Å². The summed E-state index contributed by atoms with van der Waals surface area (Å²) in [5.74, 6) is -0.252. The second-order valence-corrected chi connectivity index (χ2v) is 4.78. The molecule has 0 aliphatic carbocycles. The van der Waals surface area contributed by atoms with Crippen LogP contribution in [0.5, 0.6) is 0 Å². The lowest BCUT2D eigenvalue weighted by Gasteiger charge is -2.26. The van der Waals surface area contributed by atoms with Crippen LogP contribution >= 0.6 is 0 Å². The molecular weight excluding hydrogens is 188 g/mol. The fourth-order valence-electron chi connectivity index (χ4n) is 0.980. The minimum Gasteiger partial charge on any atom is -0.459 e. The Kier molecular flexibility index (Phi) is 3.51. The fraction of sp³-hybridized carbons (Fsp3) is 0.462. The predicted molar refractivity (Wildman–Crippen MR) is 60.8 cm³/mol. The van der Waals surface area contributed by atoms with Crippen LogP contribution in [-0.2, 0) is 4.74 Å². The van der Waals surface area contributed by atoms with E-state index in [1.165, 1.54) is 0 Å². The zero-order chi connectivity index (χ0) is 11.5. The largest absolute Gasteiger partial charge is 0.459 e. The molecule has 0 saturated carbocycles. The average molecular weight is 206 g/mol. The number of carbonyl (C=O) groups excluding carboxylic acids is 1. The van der Waals surface area contributed by atoms with Gasteiger partial charge in [-0.2, -0.15) is 0 Å². The first-order valence-electron chi connectivity index (χ1n) is 5.17. The summed E-state index contributed by atoms with van der Waals surface area (Å²) >= 11 is 0. The van der Waals surface area contributed by atoms with Crippen LogP contribution in [0.25, 0.3) is 0 Å². The second kappa shape index (κ2) is 4.47. The standard InChI is InChI=1S/C13H18O2/c1-10(13(2,3)4)15-12(14)11-8-6-5-7-9-11/h5-10H,1-4H3/t10-/m0/s1. The summed E-state index contributed by atoms with van der Waals surface area (Å²) in [4.78, 5) is 11.7. The van der Waals surface area contributed by atoms with Crippen LogP contribution in [0.4, 0.5) is 0 Å². The molecule has 0 aliphatic rings. The Balaban J connectivity index is 2.65. The van der Waals surface area contributed by atoms with Crippen LogP contribution in [0.2, 0.25) is 0 Å². The van der Waals surface area contributed by atoms with Gasteiger partial charge in [0.05, 0.1) is 5.56 Å². The molecule has 0 aromatic heterocycles. The van der Waals surface area contributed by atoms with Crippen molar-refractivity contribution >= 4 is 5.97 Å². The van der Waals surface area contributed by atoms with Gasteiger partial charge in [-0.3, -0.25) is 0 Å². The van der Waals surface area contributed by atoms with Crippen LogP contribution in [0, 0.1) is 5.41 Å². The van der Waals surface area contributed by atoms with E-state index >= 15 is 0 Å². The van der Waals surface area contributed by atoms with E-state index in [4.69, 9.17) is 4.74 Å². The van der Waals surface area contributed by atoms with E-state index in [2.05, 4.69) is 20.8 Å². The van der Waals surface area contributed by atoms with Gasteiger partial charge in [-0.1, -0.05) is 39.0 Å². The lowest BCUT2D eigenvalue weighted by atomic mass is 9.90. The molecule has 1 aromatic rings. The van der Waals surface area contributed by atoms with Crippen LogP contribution in [0.3, 0.4) is 0 Å². The summed E-state index contributed by atoms with van der Waals surface area (Å²) in [7, 11) is 0. The molecule has 1 aromatic carbocycles. The van der Waals surface area contributed by atoms with E-state index in [1.807, 2.05) is 25.1 Å². The average Bonchev–Trinajstić information content (AvgIpc) is 2.17. The summed E-state index contributed by atoms with van der Waals surface area (Å²) in [6.45, 7) is 8.07. The highest BCUT2D eigenvalue weighted by atomic mass is 16.5. The van der Waals surface area contributed by atoms with Gasteiger partial charge in [0.15, 0.2) is 0 Å². The highest BCUT2D eigenvalue weighted by Gasteiger charge is 2.24. The van der Waals surface area contributed by atoms with E-state index < -0.39 is 0 Å². The monoisotopic (exact) mass is 206 g/mol. The number of carbonyl (C=O) groups is 1. The Hall–Kier alpha value is -1.31. The molecule has 0 fully saturated rings. The third-order valence-corrected chi connectivity index (χ3v) is 2.51. The summed E-state index contributed by atoms with van der Waals surface area (Å²) in [6, 6.07) is 9.07. The minimum absolute atomic E-state index is 0.0234. The Morgan fingerprint density at radius 3 is 2.20 bits per heavy atom. The maximum Gasteiger partial charge on any atom is 0.338 e. The first-order chi connectivity index (χ1) is 6.91. The van der Waals surface area contributed by atoms with Gasteiger partial charge in [0.1, 0.15) is 6.10 Å². The quantitative estimate of drug-likeness (QED) is 0.694. The van der Waals surface area contributed by atoms with Crippen LogP contribution in [0.1, 0.15) is 38.1 Å². The Bertz CT molecular complexity index is 322. The minimum atomic E-state index is -0.252. The van der Waals surface area contributed by atoms with Crippen molar-refractivity contribution in [1.82, 2.24) is 0 Å². The van der Waals surface area contributed by atoms with Crippen molar-refractivity contribution in [2.45, 2.75) is 33.8 Å². The summed E-state index contributed by atoms with van der Waals surface area (Å²) in [6.07, 6.45) is -0.0924. The number of hydrogen-bond donors (Lipinski definition) is 0. The number of benzene rings is 1. The number of hydrogen-bond acceptors (Lipinski definition) is 2. The molecule has 0 unspecified atom stereocenters. The zero-order valence-electron chi connectivity index (χ0n) is 9.78. The normalized spacial score (nSPS) is 13.3. The van der Waals surface area contributed by atoms with Crippen molar-refractivity contribution in [2.75, 3.05) is 0 Å². The van der Waals surface area contributed by atoms with Crippen molar-refractivity contribution < 1.29 is 9.53 Å². The smallest absolute Gasteiger partial charge is 0.338 e. The first kappa shape index (κ1) is 11.8. The first-order valence-corrected chi connectivity index (χ1v) is 5.17. The molecule has 15 heavy (non-hydrogen) atoms. The molecule has 1 rings (SSSR count). The molecule has 0 saturated heterocycles. The molecule has 0 amide bonds. The topological polar surface area (TPSA) is 26.3 Å². The molecule has 0 N–H and O–H groups in total. The molecular formula is C13H18O2. The third kappa shape index (κ3) is 3.39. The van der Waals surface area contributed by atoms with Gasteiger partial charge < -0.3 is 4.74 Å². The number of esters is 1. The Labute approximate surface area is 91.3 Å². The molecule has 0 bridgehead atoms. The third-order valence-electron chi connectivity index (χ3n) is 2.51. The van der Waals surface area contributed by atoms with Gasteiger partial charge >= 0.3 is 5.97 Å². The summed E-state index contributed by atoms with van der Waals surface area (Å²) in [5.41, 5.74) is 0.582. The van der Waals surface area contributed by atoms with Gasteiger partial charge in [0.25, 0.3) is 0 Å². The van der Waals surface area contributed by atoms with Gasteiger partial charge in [-0.25, -0.2) is 4.79 Å². The molecule has 0 spiro atoms. The van der Waals surface area contributed by atoms with Crippen LogP contribution < -0.4 is 0 Å². The van der Waals surface area contributed by atoms with Crippen LogP contribution in [0.15, 0.2) is 30.3 Å². The van der Waals surface area contributed by atoms with E-state index in [9.17, 15) is 4.79 Å². The van der Waals surface area contributed by atoms with Crippen molar-refractivity contribution in [2.24, 2.45) is 5.41 Å². The van der Waals surface area contributed by atoms with Crippen LogP contribution in [-0.4, -0.2) is 12.1 Å². The van der Waals surface area contributed by atoms with Gasteiger partial charge in [-0.15, -0.1) is 0 Å². The van der Waals surface area contributed by atoms with E-state index in [0.29, 0.717) is 5.56 Å². The van der Waals surface area contributed by atoms with Gasteiger partial charge in [0.2, 0.25) is 0 Å². The van der Waals surface area contributed by atoms with E-state index in [0.717, 1.165) is 0 Å². The van der Waals surface area contributed by atoms with Crippen molar-refractivity contribution in [3.8, 4) is 0 Å². The van der Waals surface area contributed by atoms with Gasteiger partial charge in [0, 0.05) is 0 Å². The SMILES string of the molecule is C[C@H](OC(=O)c1ccccc1)C(C)(C)C. The molecule has 0 radical (unpaired) electrons. The molecule has 0 heterocycles. The highest BCUT2D eigenvalue weighted by molar-refractivity contribution is 5.89. The fourth-order valence-corrected chi connectivity index (χ4v) is 0.980. The molecule has 2 heteroatoms. The van der Waals surface area contributed by atoms with E-state index in [1.54, 1.807) is 12.1 Å². The lowest BCUT2D eigenvalue weighted by molar-refractivity contribution is 0.00480. The Morgan fingerprint density at radius 2 is 1.73 bits per heavy atom. The second-order valence-electron chi connectivity index (χ2n) is 4.78. The summed E-state index contributed by atoms with van der Waals surface area (Å²) in [5, 5.41) is 0. The maximum absolute atomic E-state index is 11.7. The number of rotatable bonds is 2. The maximum atomic E-state index is 11.7. The summed E-state index contributed by atoms with van der Waals surface area (Å²) < 4.78 is 5.36. The molecule has 2 nitrogen and oxygen atoms in total. The number of ether oxygens (including phenoxy) is 1. The van der Waals surface area contributed by atoms with Crippen molar-refractivity contribution in [1.29, 1.82) is 0 Å². The molecule has 1 atom stereocenters. The van der Waals surface area contributed by atoms with E-state index in [-0.39, 0.29) is 17.5 Å². The van der Waals surface area contributed by atoms with Crippen molar-refractivity contribution in [3.05, 3.63) is 35.9 Å². The molecule has 0 aliphatic heterocycles. The van der Waals surface area contributed by atoms with Crippen molar-refractivity contribution in [3.63, 3.8) is 0 Å². The predicted octanol–water partition coefficient (Wildman–Crippen LogP) is 3.28. The molecule has 82 valence electrons. The zero-order valence-corrected chi connectivity index (χ0v) is 9.78. The highest BCUT2D eigenvalue weighted by Crippen LogP contribution is 2.22.